The molecule has 2 fully saturated rings. The minimum Gasteiger partial charge on any atom is -0.299 e. The Labute approximate surface area is 125 Å². The molecule has 0 amide bonds. The first kappa shape index (κ1) is 14.1. The van der Waals surface area contributed by atoms with Crippen molar-refractivity contribution in [2.45, 2.75) is 31.3 Å². The van der Waals surface area contributed by atoms with Gasteiger partial charge in [-0.25, -0.2) is 0 Å². The Morgan fingerprint density at radius 3 is 2.90 bits per heavy atom. The molecule has 2 atom stereocenters. The Morgan fingerprint density at radius 2 is 2.10 bits per heavy atom. The summed E-state index contributed by atoms with van der Waals surface area (Å²) in [4.78, 5) is 17.2. The third kappa shape index (κ3) is 2.90. The van der Waals surface area contributed by atoms with Gasteiger partial charge in [0.1, 0.15) is 0 Å². The summed E-state index contributed by atoms with van der Waals surface area (Å²) in [7, 11) is 2.23. The third-order valence-corrected chi connectivity index (χ3v) is 4.98. The molecule has 2 aliphatic rings. The van der Waals surface area contributed by atoms with Gasteiger partial charge < -0.3 is 0 Å². The van der Waals surface area contributed by atoms with Gasteiger partial charge in [-0.3, -0.25) is 14.6 Å². The smallest absolute Gasteiger partial charge is 0.176 e. The number of halogens is 1. The van der Waals surface area contributed by atoms with Gasteiger partial charge in [-0.05, 0) is 38.4 Å². The molecule has 0 saturated carbocycles. The highest BCUT2D eigenvalue weighted by atomic mass is 35.5. The number of ketones is 1. The fraction of sp³-hybridized carbons (Fsp3) is 0.562. The van der Waals surface area contributed by atoms with Crippen LogP contribution in [0.2, 0.25) is 5.02 Å². The lowest BCUT2D eigenvalue weighted by Crippen LogP contribution is -2.38. The molecule has 0 spiro atoms. The molecular formula is C16H21ClN2O. The molecule has 20 heavy (non-hydrogen) atoms. The molecule has 2 unspecified atom stereocenters. The van der Waals surface area contributed by atoms with Crippen LogP contribution in [-0.2, 0) is 0 Å². The van der Waals surface area contributed by atoms with Gasteiger partial charge in [0.2, 0.25) is 0 Å². The summed E-state index contributed by atoms with van der Waals surface area (Å²) in [6.45, 7) is 2.55. The molecule has 2 saturated heterocycles. The number of Topliss-reactive ketones (excluding diaryl/α,β-unsaturated/α-hetero) is 1. The maximum atomic E-state index is 12.4. The van der Waals surface area contributed by atoms with Crippen LogP contribution in [0.3, 0.4) is 0 Å². The van der Waals surface area contributed by atoms with Crippen molar-refractivity contribution in [3.05, 3.63) is 34.9 Å². The van der Waals surface area contributed by atoms with E-state index in [0.29, 0.717) is 23.7 Å². The Hall–Kier alpha value is -0.900. The van der Waals surface area contributed by atoms with Crippen LogP contribution in [0.15, 0.2) is 24.3 Å². The third-order valence-electron chi connectivity index (χ3n) is 4.75. The van der Waals surface area contributed by atoms with Crippen molar-refractivity contribution < 1.29 is 4.79 Å². The maximum absolute atomic E-state index is 12.4. The van der Waals surface area contributed by atoms with E-state index in [-0.39, 0.29) is 5.78 Å². The monoisotopic (exact) mass is 292 g/mol. The molecule has 4 heteroatoms. The van der Waals surface area contributed by atoms with Crippen LogP contribution in [0.25, 0.3) is 0 Å². The second-order valence-electron chi connectivity index (χ2n) is 6.01. The normalized spacial score (nSPS) is 27.5. The molecule has 108 valence electrons. The first-order chi connectivity index (χ1) is 9.63. The average Bonchev–Trinajstić information content (AvgIpc) is 2.67. The van der Waals surface area contributed by atoms with E-state index in [1.54, 1.807) is 12.1 Å². The van der Waals surface area contributed by atoms with Crippen molar-refractivity contribution >= 4 is 17.4 Å². The number of fused-ring (bicyclic) bond motifs is 2. The predicted octanol–water partition coefficient (Wildman–Crippen LogP) is 2.69. The summed E-state index contributed by atoms with van der Waals surface area (Å²) in [5, 5.41) is 0.630. The zero-order valence-corrected chi connectivity index (χ0v) is 12.6. The first-order valence-corrected chi connectivity index (χ1v) is 7.74. The van der Waals surface area contributed by atoms with Crippen molar-refractivity contribution in [2.24, 2.45) is 0 Å². The molecule has 3 nitrogen and oxygen atoms in total. The molecule has 1 aromatic carbocycles. The van der Waals surface area contributed by atoms with E-state index < -0.39 is 0 Å². The quantitative estimate of drug-likeness (QED) is 0.800. The van der Waals surface area contributed by atoms with Gasteiger partial charge >= 0.3 is 0 Å². The van der Waals surface area contributed by atoms with Crippen molar-refractivity contribution in [3.8, 4) is 0 Å². The first-order valence-electron chi connectivity index (χ1n) is 7.36. The summed E-state index contributed by atoms with van der Waals surface area (Å²) in [6, 6.07) is 8.59. The van der Waals surface area contributed by atoms with Gasteiger partial charge in [0, 0.05) is 35.8 Å². The van der Waals surface area contributed by atoms with E-state index in [0.717, 1.165) is 18.7 Å². The summed E-state index contributed by atoms with van der Waals surface area (Å²) in [5.41, 5.74) is 0.722. The SMILES string of the molecule is CN1C2CCC1CN(CC(=O)c1cccc(Cl)c1)CC2. The average molecular weight is 293 g/mol. The zero-order chi connectivity index (χ0) is 14.1. The van der Waals surface area contributed by atoms with Gasteiger partial charge in [-0.2, -0.15) is 0 Å². The molecule has 0 aliphatic carbocycles. The number of hydrogen-bond acceptors (Lipinski definition) is 3. The lowest BCUT2D eigenvalue weighted by molar-refractivity contribution is 0.0923. The number of benzene rings is 1. The van der Waals surface area contributed by atoms with Crippen molar-refractivity contribution in [3.63, 3.8) is 0 Å². The van der Waals surface area contributed by atoms with Crippen LogP contribution in [0.1, 0.15) is 29.6 Å². The van der Waals surface area contributed by atoms with E-state index in [9.17, 15) is 4.79 Å². The number of carbonyl (C=O) groups excluding carboxylic acids is 1. The number of hydrogen-bond donors (Lipinski definition) is 0. The minimum atomic E-state index is 0.174. The van der Waals surface area contributed by atoms with Crippen LogP contribution in [0, 0.1) is 0 Å². The summed E-state index contributed by atoms with van der Waals surface area (Å²) in [5.74, 6) is 0.174. The van der Waals surface area contributed by atoms with Crippen molar-refractivity contribution in [2.75, 3.05) is 26.7 Å². The highest BCUT2D eigenvalue weighted by molar-refractivity contribution is 6.31. The maximum Gasteiger partial charge on any atom is 0.176 e. The Balaban J connectivity index is 1.65. The highest BCUT2D eigenvalue weighted by Gasteiger charge is 2.34. The molecule has 2 heterocycles. The van der Waals surface area contributed by atoms with Crippen LogP contribution in [-0.4, -0.2) is 54.3 Å². The topological polar surface area (TPSA) is 23.6 Å². The number of rotatable bonds is 3. The fourth-order valence-electron chi connectivity index (χ4n) is 3.48. The highest BCUT2D eigenvalue weighted by Crippen LogP contribution is 2.28. The predicted molar refractivity (Wildman–Crippen MR) is 81.4 cm³/mol. The van der Waals surface area contributed by atoms with E-state index in [2.05, 4.69) is 16.8 Å². The molecule has 0 N–H and O–H groups in total. The van der Waals surface area contributed by atoms with Gasteiger partial charge in [0.15, 0.2) is 5.78 Å². The largest absolute Gasteiger partial charge is 0.299 e. The van der Waals surface area contributed by atoms with Crippen LogP contribution in [0.4, 0.5) is 0 Å². The number of likely N-dealkylation sites (tertiary alicyclic amines) is 1. The number of nitrogens with zero attached hydrogens (tertiary/aromatic N) is 2. The number of carbonyl (C=O) groups is 1. The van der Waals surface area contributed by atoms with E-state index in [1.165, 1.54) is 19.3 Å². The lowest BCUT2D eigenvalue weighted by Gasteiger charge is -2.25. The molecule has 0 aromatic heterocycles. The summed E-state index contributed by atoms with van der Waals surface area (Å²) >= 11 is 5.96. The second kappa shape index (κ2) is 5.84. The van der Waals surface area contributed by atoms with Crippen LogP contribution >= 0.6 is 11.6 Å². The Morgan fingerprint density at radius 1 is 1.30 bits per heavy atom. The number of likely N-dealkylation sites (N-methyl/N-ethyl adjacent to an activating group) is 1. The fourth-order valence-corrected chi connectivity index (χ4v) is 3.67. The second-order valence-corrected chi connectivity index (χ2v) is 6.44. The molecule has 3 rings (SSSR count). The molecular weight excluding hydrogens is 272 g/mol. The van der Waals surface area contributed by atoms with E-state index in [4.69, 9.17) is 11.6 Å². The molecule has 0 radical (unpaired) electrons. The van der Waals surface area contributed by atoms with Gasteiger partial charge in [0.25, 0.3) is 0 Å². The van der Waals surface area contributed by atoms with E-state index in [1.807, 2.05) is 12.1 Å². The summed E-state index contributed by atoms with van der Waals surface area (Å²) in [6.07, 6.45) is 3.76. The Bertz CT molecular complexity index is 505. The molecule has 2 bridgehead atoms. The van der Waals surface area contributed by atoms with Gasteiger partial charge in [-0.15, -0.1) is 0 Å². The minimum absolute atomic E-state index is 0.174. The Kier molecular flexibility index (Phi) is 4.11. The van der Waals surface area contributed by atoms with E-state index >= 15 is 0 Å². The summed E-state index contributed by atoms with van der Waals surface area (Å²) < 4.78 is 0. The molecule has 1 aromatic rings. The van der Waals surface area contributed by atoms with Crippen molar-refractivity contribution in [1.29, 1.82) is 0 Å². The van der Waals surface area contributed by atoms with Crippen LogP contribution < -0.4 is 0 Å². The standard InChI is InChI=1S/C16H21ClN2O/c1-18-14-5-6-15(18)10-19(8-7-14)11-16(20)12-3-2-4-13(17)9-12/h2-4,9,14-15H,5-8,10-11H2,1H3. The van der Waals surface area contributed by atoms with Crippen LogP contribution in [0.5, 0.6) is 0 Å². The zero-order valence-electron chi connectivity index (χ0n) is 11.9. The lowest BCUT2D eigenvalue weighted by atomic mass is 10.1. The van der Waals surface area contributed by atoms with Crippen molar-refractivity contribution in [1.82, 2.24) is 9.80 Å². The van der Waals surface area contributed by atoms with Gasteiger partial charge in [-0.1, -0.05) is 23.7 Å². The van der Waals surface area contributed by atoms with Gasteiger partial charge in [0.05, 0.1) is 6.54 Å². The molecule has 2 aliphatic heterocycles.